The van der Waals surface area contributed by atoms with Gasteiger partial charge in [-0.15, -0.1) is 0 Å². The van der Waals surface area contributed by atoms with Crippen LogP contribution in [0.5, 0.6) is 0 Å². The van der Waals surface area contributed by atoms with Gasteiger partial charge in [-0.05, 0) is 12.1 Å². The van der Waals surface area contributed by atoms with E-state index in [0.29, 0.717) is 25.3 Å². The fourth-order valence-corrected chi connectivity index (χ4v) is 2.07. The Morgan fingerprint density at radius 3 is 3.00 bits per heavy atom. The van der Waals surface area contributed by atoms with Gasteiger partial charge in [0.1, 0.15) is 0 Å². The van der Waals surface area contributed by atoms with Gasteiger partial charge >= 0.3 is 0 Å². The third-order valence-electron chi connectivity index (χ3n) is 2.53. The van der Waals surface area contributed by atoms with Crippen molar-refractivity contribution in [2.24, 2.45) is 0 Å². The monoisotopic (exact) mass is 284 g/mol. The largest absolute Gasteiger partial charge is 0.374 e. The van der Waals surface area contributed by atoms with Crippen molar-refractivity contribution in [2.75, 3.05) is 25.0 Å². The molecule has 1 amide bonds. The van der Waals surface area contributed by atoms with Gasteiger partial charge in [0.2, 0.25) is 0 Å². The molecule has 1 unspecified atom stereocenters. The second-order valence-electron chi connectivity index (χ2n) is 3.63. The molecule has 86 valence electrons. The zero-order chi connectivity index (χ0) is 11.4. The van der Waals surface area contributed by atoms with E-state index in [2.05, 4.69) is 20.9 Å². The average Bonchev–Trinajstić information content (AvgIpc) is 2.39. The first-order valence-electron chi connectivity index (χ1n) is 5.18. The topological polar surface area (TPSA) is 42.4 Å². The second-order valence-corrected chi connectivity index (χ2v) is 4.28. The van der Waals surface area contributed by atoms with Crippen LogP contribution in [0.3, 0.4) is 0 Å². The van der Waals surface area contributed by atoms with E-state index in [1.54, 1.807) is 24.5 Å². The van der Waals surface area contributed by atoms with Crippen LogP contribution < -0.4 is 0 Å². The number of rotatable bonds is 2. The highest BCUT2D eigenvalue weighted by Gasteiger charge is 2.24. The van der Waals surface area contributed by atoms with E-state index in [9.17, 15) is 4.79 Å². The summed E-state index contributed by atoms with van der Waals surface area (Å²) in [5, 5.41) is 0.757. The first-order valence-corrected chi connectivity index (χ1v) is 6.30. The lowest BCUT2D eigenvalue weighted by Gasteiger charge is -2.32. The minimum Gasteiger partial charge on any atom is -0.374 e. The quantitative estimate of drug-likeness (QED) is 0.770. The van der Waals surface area contributed by atoms with Crippen LogP contribution in [0.25, 0.3) is 0 Å². The molecule has 0 aromatic carbocycles. The molecule has 5 heteroatoms. The van der Waals surface area contributed by atoms with Gasteiger partial charge in [0.25, 0.3) is 5.91 Å². The van der Waals surface area contributed by atoms with Crippen LogP contribution in [-0.2, 0) is 4.74 Å². The lowest BCUT2D eigenvalue weighted by Crippen LogP contribution is -2.46. The molecular weight excluding hydrogens is 272 g/mol. The summed E-state index contributed by atoms with van der Waals surface area (Å²) in [5.41, 5.74) is 0.685. The summed E-state index contributed by atoms with van der Waals surface area (Å²) in [6, 6.07) is 3.47. The Balaban J connectivity index is 2.05. The van der Waals surface area contributed by atoms with Crippen LogP contribution in [0.1, 0.15) is 10.4 Å². The first kappa shape index (κ1) is 11.5. The fourth-order valence-electron chi connectivity index (χ4n) is 1.67. The summed E-state index contributed by atoms with van der Waals surface area (Å²) >= 11 is 3.37. The molecule has 0 spiro atoms. The number of aromatic nitrogens is 1. The highest BCUT2D eigenvalue weighted by Crippen LogP contribution is 2.11. The van der Waals surface area contributed by atoms with Crippen LogP contribution in [0.15, 0.2) is 24.5 Å². The van der Waals surface area contributed by atoms with Gasteiger partial charge in [-0.25, -0.2) is 0 Å². The predicted octanol–water partition coefficient (Wildman–Crippen LogP) is 1.32. The van der Waals surface area contributed by atoms with Crippen molar-refractivity contribution >= 4 is 21.8 Å². The molecule has 1 atom stereocenters. The van der Waals surface area contributed by atoms with Crippen molar-refractivity contribution in [2.45, 2.75) is 6.10 Å². The number of alkyl halides is 1. The molecule has 0 saturated carbocycles. The molecular formula is C11H13BrN2O2. The van der Waals surface area contributed by atoms with Crippen molar-refractivity contribution in [3.63, 3.8) is 0 Å². The standard InChI is InChI=1S/C11H13BrN2O2/c12-7-10-8-14(5-6-16-10)11(15)9-1-3-13-4-2-9/h1-4,10H,5-8H2. The van der Waals surface area contributed by atoms with Crippen molar-refractivity contribution in [3.8, 4) is 0 Å². The number of pyridine rings is 1. The van der Waals surface area contributed by atoms with Crippen LogP contribution in [0, 0.1) is 0 Å². The van der Waals surface area contributed by atoms with Crippen LogP contribution >= 0.6 is 15.9 Å². The fraction of sp³-hybridized carbons (Fsp3) is 0.455. The Bertz CT molecular complexity index is 358. The number of hydrogen-bond acceptors (Lipinski definition) is 3. The summed E-state index contributed by atoms with van der Waals surface area (Å²) in [6.07, 6.45) is 3.37. The van der Waals surface area contributed by atoms with E-state index in [0.717, 1.165) is 5.33 Å². The number of nitrogens with zero attached hydrogens (tertiary/aromatic N) is 2. The number of amides is 1. The minimum absolute atomic E-state index is 0.0525. The lowest BCUT2D eigenvalue weighted by atomic mass is 10.2. The Morgan fingerprint density at radius 2 is 2.31 bits per heavy atom. The lowest BCUT2D eigenvalue weighted by molar-refractivity contribution is -0.00965. The van der Waals surface area contributed by atoms with Gasteiger partial charge in [0.15, 0.2) is 0 Å². The molecule has 0 N–H and O–H groups in total. The summed E-state index contributed by atoms with van der Waals surface area (Å²) in [5.74, 6) is 0.0525. The van der Waals surface area contributed by atoms with Crippen LogP contribution in [-0.4, -0.2) is 46.9 Å². The van der Waals surface area contributed by atoms with E-state index < -0.39 is 0 Å². The van der Waals surface area contributed by atoms with Crippen molar-refractivity contribution in [3.05, 3.63) is 30.1 Å². The number of hydrogen-bond donors (Lipinski definition) is 0. The number of carbonyl (C=O) groups is 1. The molecule has 0 bridgehead atoms. The minimum atomic E-state index is 0.0525. The van der Waals surface area contributed by atoms with Crippen molar-refractivity contribution in [1.29, 1.82) is 0 Å². The maximum Gasteiger partial charge on any atom is 0.254 e. The van der Waals surface area contributed by atoms with Crippen molar-refractivity contribution < 1.29 is 9.53 Å². The smallest absolute Gasteiger partial charge is 0.254 e. The van der Waals surface area contributed by atoms with E-state index in [4.69, 9.17) is 4.74 Å². The summed E-state index contributed by atoms with van der Waals surface area (Å²) in [6.45, 7) is 1.91. The number of carbonyl (C=O) groups excluding carboxylic acids is 1. The zero-order valence-electron chi connectivity index (χ0n) is 8.80. The maximum absolute atomic E-state index is 12.1. The highest BCUT2D eigenvalue weighted by atomic mass is 79.9. The molecule has 1 saturated heterocycles. The molecule has 4 nitrogen and oxygen atoms in total. The summed E-state index contributed by atoms with van der Waals surface area (Å²) in [7, 11) is 0. The van der Waals surface area contributed by atoms with E-state index in [1.165, 1.54) is 0 Å². The Morgan fingerprint density at radius 1 is 1.56 bits per heavy atom. The predicted molar refractivity (Wildman–Crippen MR) is 63.7 cm³/mol. The SMILES string of the molecule is O=C(c1ccncc1)N1CCOC(CBr)C1. The molecule has 1 aliphatic heterocycles. The van der Waals surface area contributed by atoms with Gasteiger partial charge < -0.3 is 9.64 Å². The van der Waals surface area contributed by atoms with E-state index >= 15 is 0 Å². The molecule has 1 fully saturated rings. The highest BCUT2D eigenvalue weighted by molar-refractivity contribution is 9.09. The molecule has 2 rings (SSSR count). The second kappa shape index (κ2) is 5.41. The van der Waals surface area contributed by atoms with Gasteiger partial charge in [0.05, 0.1) is 12.7 Å². The normalized spacial score (nSPS) is 20.8. The molecule has 16 heavy (non-hydrogen) atoms. The van der Waals surface area contributed by atoms with Gasteiger partial charge in [-0.3, -0.25) is 9.78 Å². The Hall–Kier alpha value is -0.940. The zero-order valence-corrected chi connectivity index (χ0v) is 10.4. The molecule has 2 heterocycles. The third kappa shape index (κ3) is 2.59. The third-order valence-corrected chi connectivity index (χ3v) is 3.25. The summed E-state index contributed by atoms with van der Waals surface area (Å²) < 4.78 is 5.49. The Kier molecular flexibility index (Phi) is 3.90. The average molecular weight is 285 g/mol. The van der Waals surface area contributed by atoms with Crippen molar-refractivity contribution in [1.82, 2.24) is 9.88 Å². The molecule has 1 aromatic heterocycles. The molecule has 1 aromatic rings. The molecule has 0 aliphatic carbocycles. The number of ether oxygens (including phenoxy) is 1. The maximum atomic E-state index is 12.1. The van der Waals surface area contributed by atoms with E-state index in [-0.39, 0.29) is 12.0 Å². The van der Waals surface area contributed by atoms with Gasteiger partial charge in [-0.1, -0.05) is 15.9 Å². The Labute approximate surface area is 103 Å². The summed E-state index contributed by atoms with van der Waals surface area (Å²) in [4.78, 5) is 17.8. The molecule has 0 radical (unpaired) electrons. The first-order chi connectivity index (χ1) is 7.81. The van der Waals surface area contributed by atoms with Gasteiger partial charge in [0, 0.05) is 36.4 Å². The number of morpholine rings is 1. The van der Waals surface area contributed by atoms with Gasteiger partial charge in [-0.2, -0.15) is 0 Å². The van der Waals surface area contributed by atoms with Crippen LogP contribution in [0.4, 0.5) is 0 Å². The number of halogens is 1. The molecule has 1 aliphatic rings. The van der Waals surface area contributed by atoms with E-state index in [1.807, 2.05) is 4.90 Å². The van der Waals surface area contributed by atoms with Crippen LogP contribution in [0.2, 0.25) is 0 Å².